The minimum Gasteiger partial charge on any atom is -0.493 e. The summed E-state index contributed by atoms with van der Waals surface area (Å²) in [4.78, 5) is 13.6. The molecule has 1 aliphatic carbocycles. The van der Waals surface area contributed by atoms with E-state index in [4.69, 9.17) is 9.47 Å². The number of carbonyl (C=O) groups is 1. The Morgan fingerprint density at radius 2 is 1.55 bits per heavy atom. The molecule has 5 nitrogen and oxygen atoms in total. The highest BCUT2D eigenvalue weighted by Crippen LogP contribution is 2.45. The maximum atomic E-state index is 13.6. The largest absolute Gasteiger partial charge is 0.493 e. The Kier molecular flexibility index (Phi) is 5.85. The first-order chi connectivity index (χ1) is 16.1. The van der Waals surface area contributed by atoms with Crippen molar-refractivity contribution in [2.75, 3.05) is 24.9 Å². The number of halogens is 1. The van der Waals surface area contributed by atoms with Gasteiger partial charge in [-0.2, -0.15) is 0 Å². The van der Waals surface area contributed by atoms with Gasteiger partial charge >= 0.3 is 0 Å². The lowest BCUT2D eigenvalue weighted by atomic mass is 9.78. The van der Waals surface area contributed by atoms with E-state index in [1.165, 1.54) is 0 Å². The summed E-state index contributed by atoms with van der Waals surface area (Å²) in [6, 6.07) is 22.0. The SMILES string of the molecule is COc1ccc([C@H]2CC(=O)C3=C(C2)Nc2ccccc2N[C@H]3c2ccc(Br)cc2)cc1OC. The molecule has 0 spiro atoms. The van der Waals surface area contributed by atoms with Gasteiger partial charge in [0.25, 0.3) is 0 Å². The number of allylic oxidation sites excluding steroid dienone is 1. The highest BCUT2D eigenvalue weighted by Gasteiger charge is 2.36. The van der Waals surface area contributed by atoms with E-state index in [0.29, 0.717) is 17.9 Å². The van der Waals surface area contributed by atoms with Crippen LogP contribution in [0.4, 0.5) is 11.4 Å². The smallest absolute Gasteiger partial charge is 0.163 e. The summed E-state index contributed by atoms with van der Waals surface area (Å²) in [6.45, 7) is 0. The van der Waals surface area contributed by atoms with Gasteiger partial charge in [0.2, 0.25) is 0 Å². The number of Topliss-reactive ketones (excluding diaryl/α,β-unsaturated/α-hetero) is 1. The fraction of sp³-hybridized carbons (Fsp3) is 0.222. The van der Waals surface area contributed by atoms with Crippen LogP contribution in [0, 0.1) is 0 Å². The second-order valence-corrected chi connectivity index (χ2v) is 9.25. The zero-order chi connectivity index (χ0) is 22.9. The van der Waals surface area contributed by atoms with E-state index in [9.17, 15) is 4.79 Å². The van der Waals surface area contributed by atoms with Gasteiger partial charge in [0.1, 0.15) is 0 Å². The van der Waals surface area contributed by atoms with Gasteiger partial charge < -0.3 is 20.1 Å². The maximum absolute atomic E-state index is 13.6. The Morgan fingerprint density at radius 3 is 2.27 bits per heavy atom. The standard InChI is InChI=1S/C27H25BrN2O3/c1-32-24-12-9-17(15-25(24)33-2)18-13-22-26(23(31)14-18)27(16-7-10-19(28)11-8-16)30-21-6-4-3-5-20(21)29-22/h3-12,15,18,27,29-30H,13-14H2,1-2H3/t18-,27+/m1/s1. The molecule has 2 aliphatic rings. The van der Waals surface area contributed by atoms with Crippen molar-refractivity contribution in [1.29, 1.82) is 0 Å². The van der Waals surface area contributed by atoms with Crippen molar-refractivity contribution in [1.82, 2.24) is 0 Å². The number of hydrogen-bond donors (Lipinski definition) is 2. The topological polar surface area (TPSA) is 59.6 Å². The lowest BCUT2D eigenvalue weighted by Gasteiger charge is -2.30. The van der Waals surface area contributed by atoms with Gasteiger partial charge in [-0.25, -0.2) is 0 Å². The average molecular weight is 505 g/mol. The number of carbonyl (C=O) groups excluding carboxylic acids is 1. The van der Waals surface area contributed by atoms with Crippen molar-refractivity contribution in [3.63, 3.8) is 0 Å². The Morgan fingerprint density at radius 1 is 0.848 bits per heavy atom. The fourth-order valence-electron chi connectivity index (χ4n) is 4.74. The van der Waals surface area contributed by atoms with Crippen molar-refractivity contribution in [2.24, 2.45) is 0 Å². The van der Waals surface area contributed by atoms with Crippen LogP contribution in [0.1, 0.15) is 35.9 Å². The van der Waals surface area contributed by atoms with Gasteiger partial charge in [0, 0.05) is 22.2 Å². The molecule has 1 aliphatic heterocycles. The van der Waals surface area contributed by atoms with Gasteiger partial charge in [-0.05, 0) is 59.9 Å². The lowest BCUT2D eigenvalue weighted by molar-refractivity contribution is -0.116. The molecule has 0 saturated carbocycles. The first-order valence-electron chi connectivity index (χ1n) is 10.9. The molecule has 33 heavy (non-hydrogen) atoms. The second-order valence-electron chi connectivity index (χ2n) is 8.33. The lowest BCUT2D eigenvalue weighted by Crippen LogP contribution is -2.26. The second kappa shape index (κ2) is 8.94. The van der Waals surface area contributed by atoms with Crippen molar-refractivity contribution < 1.29 is 14.3 Å². The number of hydrogen-bond acceptors (Lipinski definition) is 5. The molecule has 168 valence electrons. The summed E-state index contributed by atoms with van der Waals surface area (Å²) in [7, 11) is 3.26. The van der Waals surface area contributed by atoms with Crippen LogP contribution < -0.4 is 20.1 Å². The minimum atomic E-state index is -0.219. The third-order valence-electron chi connectivity index (χ3n) is 6.39. The fourth-order valence-corrected chi connectivity index (χ4v) is 5.00. The zero-order valence-corrected chi connectivity index (χ0v) is 20.1. The van der Waals surface area contributed by atoms with Crippen molar-refractivity contribution in [2.45, 2.75) is 24.8 Å². The minimum absolute atomic E-state index is 0.0550. The number of ether oxygens (including phenoxy) is 2. The van der Waals surface area contributed by atoms with E-state index in [0.717, 1.165) is 44.7 Å². The molecule has 0 bridgehead atoms. The molecular weight excluding hydrogens is 480 g/mol. The van der Waals surface area contributed by atoms with Crippen LogP contribution in [0.2, 0.25) is 0 Å². The third-order valence-corrected chi connectivity index (χ3v) is 6.92. The van der Waals surface area contributed by atoms with Gasteiger partial charge in [-0.3, -0.25) is 4.79 Å². The molecular formula is C27H25BrN2O3. The molecule has 0 radical (unpaired) electrons. The molecule has 6 heteroatoms. The number of nitrogens with one attached hydrogen (secondary N) is 2. The Labute approximate surface area is 201 Å². The highest BCUT2D eigenvalue weighted by molar-refractivity contribution is 9.10. The van der Waals surface area contributed by atoms with Gasteiger partial charge in [0.05, 0.1) is 31.6 Å². The van der Waals surface area contributed by atoms with Gasteiger partial charge in [0.15, 0.2) is 17.3 Å². The van der Waals surface area contributed by atoms with Crippen molar-refractivity contribution in [3.8, 4) is 11.5 Å². The Balaban J connectivity index is 1.57. The summed E-state index contributed by atoms with van der Waals surface area (Å²) in [5.41, 5.74) is 5.87. The molecule has 0 unspecified atom stereocenters. The van der Waals surface area contributed by atoms with Gasteiger partial charge in [-0.1, -0.05) is 46.3 Å². The molecule has 0 amide bonds. The van der Waals surface area contributed by atoms with E-state index in [2.05, 4.69) is 38.7 Å². The molecule has 0 saturated heterocycles. The van der Waals surface area contributed by atoms with Crippen LogP contribution in [0.5, 0.6) is 11.5 Å². The predicted molar refractivity (Wildman–Crippen MR) is 134 cm³/mol. The number of fused-ring (bicyclic) bond motifs is 1. The number of ketones is 1. The van der Waals surface area contributed by atoms with E-state index in [-0.39, 0.29) is 17.7 Å². The number of rotatable bonds is 4. The predicted octanol–water partition coefficient (Wildman–Crippen LogP) is 6.45. The molecule has 5 rings (SSSR count). The molecule has 2 N–H and O–H groups in total. The van der Waals surface area contributed by atoms with E-state index >= 15 is 0 Å². The number of anilines is 2. The summed E-state index contributed by atoms with van der Waals surface area (Å²) < 4.78 is 11.9. The van der Waals surface area contributed by atoms with Crippen LogP contribution in [-0.2, 0) is 4.79 Å². The van der Waals surface area contributed by atoms with Crippen LogP contribution >= 0.6 is 15.9 Å². The van der Waals surface area contributed by atoms with Crippen LogP contribution in [-0.4, -0.2) is 20.0 Å². The molecule has 3 aromatic carbocycles. The van der Waals surface area contributed by atoms with Crippen LogP contribution in [0.15, 0.2) is 82.5 Å². The summed E-state index contributed by atoms with van der Waals surface area (Å²) in [6.07, 6.45) is 1.18. The van der Waals surface area contributed by atoms with Crippen molar-refractivity contribution >= 4 is 33.1 Å². The maximum Gasteiger partial charge on any atom is 0.163 e. The van der Waals surface area contributed by atoms with Crippen molar-refractivity contribution in [3.05, 3.63) is 93.6 Å². The highest BCUT2D eigenvalue weighted by atomic mass is 79.9. The third kappa shape index (κ3) is 4.11. The van der Waals surface area contributed by atoms with Crippen LogP contribution in [0.25, 0.3) is 0 Å². The number of para-hydroxylation sites is 2. The van der Waals surface area contributed by atoms with Crippen LogP contribution in [0.3, 0.4) is 0 Å². The van der Waals surface area contributed by atoms with E-state index < -0.39 is 0 Å². The molecule has 0 fully saturated rings. The Bertz CT molecular complexity index is 1240. The number of benzene rings is 3. The molecule has 3 aromatic rings. The van der Waals surface area contributed by atoms with E-state index in [1.807, 2.05) is 54.6 Å². The van der Waals surface area contributed by atoms with E-state index in [1.54, 1.807) is 14.2 Å². The summed E-state index contributed by atoms with van der Waals surface area (Å²) in [5.74, 6) is 1.57. The molecule has 0 aromatic heterocycles. The summed E-state index contributed by atoms with van der Waals surface area (Å²) >= 11 is 3.52. The zero-order valence-electron chi connectivity index (χ0n) is 18.5. The molecule has 2 atom stereocenters. The molecule has 1 heterocycles. The van der Waals surface area contributed by atoms with Gasteiger partial charge in [-0.15, -0.1) is 0 Å². The summed E-state index contributed by atoms with van der Waals surface area (Å²) in [5, 5.41) is 7.20. The Hall–Kier alpha value is -3.25. The average Bonchev–Trinajstić information content (AvgIpc) is 3.01. The monoisotopic (exact) mass is 504 g/mol. The normalized spacial score (nSPS) is 19.5. The first-order valence-corrected chi connectivity index (χ1v) is 11.7. The number of methoxy groups -OCH3 is 2. The first kappa shape index (κ1) is 21.6. The quantitative estimate of drug-likeness (QED) is 0.427.